The Morgan fingerprint density at radius 3 is 2.11 bits per heavy atom. The first-order valence-electron chi connectivity index (χ1n) is 1.64. The van der Waals surface area contributed by atoms with Crippen LogP contribution in [0.15, 0.2) is 0 Å². The van der Waals surface area contributed by atoms with Gasteiger partial charge in [-0.15, -0.1) is 0 Å². The van der Waals surface area contributed by atoms with Crippen LogP contribution in [-0.2, 0) is 14.6 Å². The zero-order chi connectivity index (χ0) is 6.62. The van der Waals surface area contributed by atoms with E-state index in [-0.39, 0.29) is 29.6 Å². The molecule has 0 heterocycles. The van der Waals surface area contributed by atoms with E-state index in [0.29, 0.717) is 6.61 Å². The van der Waals surface area contributed by atoms with Gasteiger partial charge in [0.15, 0.2) is 0 Å². The summed E-state index contributed by atoms with van der Waals surface area (Å²) in [4.78, 5) is 0. The van der Waals surface area contributed by atoms with Crippen molar-refractivity contribution in [2.24, 2.45) is 0 Å². The molecular weight excluding hydrogens is 159 g/mol. The molecule has 0 spiro atoms. The minimum absolute atomic E-state index is 0. The summed E-state index contributed by atoms with van der Waals surface area (Å²) in [5, 5.41) is 7.80. The van der Waals surface area contributed by atoms with Crippen molar-refractivity contribution < 1.29 is 51.8 Å². The molecule has 0 atom stereocenters. The molecular formula is C2H5NaO5S. The van der Waals surface area contributed by atoms with Crippen molar-refractivity contribution in [2.45, 2.75) is 0 Å². The zero-order valence-electron chi connectivity index (χ0n) is 4.81. The normalized spacial score (nSPS) is 10.4. The average molecular weight is 164 g/mol. The van der Waals surface area contributed by atoms with Crippen molar-refractivity contribution in [3.8, 4) is 0 Å². The zero-order valence-corrected chi connectivity index (χ0v) is 7.63. The predicted octanol–water partition coefficient (Wildman–Crippen LogP) is -3.66. The van der Waals surface area contributed by atoms with Crippen LogP contribution in [-0.4, -0.2) is 24.7 Å². The Labute approximate surface area is 75.3 Å². The summed E-state index contributed by atoms with van der Waals surface area (Å²) in [6.45, 7) is -0.0629. The van der Waals surface area contributed by atoms with Crippen LogP contribution in [0.5, 0.6) is 0 Å². The molecule has 0 unspecified atom stereocenters. The maximum atomic E-state index is 9.59. The molecule has 0 bridgehead atoms. The summed E-state index contributed by atoms with van der Waals surface area (Å²) >= 11 is 0. The van der Waals surface area contributed by atoms with E-state index >= 15 is 0 Å². The van der Waals surface area contributed by atoms with Crippen LogP contribution in [0.25, 0.3) is 0 Å². The third-order valence-corrected chi connectivity index (χ3v) is 0.725. The fourth-order valence-corrected chi connectivity index (χ4v) is 0.349. The number of hydrogen-bond acceptors (Lipinski definition) is 4. The topological polar surface area (TPSA) is 83.8 Å². The van der Waals surface area contributed by atoms with E-state index in [4.69, 9.17) is 9.66 Å². The molecule has 0 fully saturated rings. The standard InChI is InChI=1S/C2H5O5S.Na/c3-1-2-7-8(4,5)6;/h1,3H,2H2,(H,4,5,6);/q-1;+1. The van der Waals surface area contributed by atoms with E-state index in [9.17, 15) is 8.42 Å². The molecule has 0 aromatic carbocycles. The minimum atomic E-state index is -4.38. The largest absolute Gasteiger partial charge is 1.00 e. The monoisotopic (exact) mass is 164 g/mol. The van der Waals surface area contributed by atoms with Crippen LogP contribution < -0.4 is 29.6 Å². The van der Waals surface area contributed by atoms with Gasteiger partial charge in [-0.05, 0) is 6.61 Å². The first kappa shape index (κ1) is 12.5. The molecule has 0 aromatic rings. The van der Waals surface area contributed by atoms with Gasteiger partial charge in [0.2, 0.25) is 0 Å². The van der Waals surface area contributed by atoms with Crippen molar-refractivity contribution in [3.05, 3.63) is 6.61 Å². The van der Waals surface area contributed by atoms with Gasteiger partial charge in [0.05, 0.1) is 0 Å². The predicted molar refractivity (Wildman–Crippen MR) is 23.7 cm³/mol. The van der Waals surface area contributed by atoms with Crippen molar-refractivity contribution in [1.82, 2.24) is 0 Å². The Hall–Kier alpha value is 0.830. The van der Waals surface area contributed by atoms with E-state index in [1.165, 1.54) is 0 Å². The summed E-state index contributed by atoms with van der Waals surface area (Å²) in [6, 6.07) is 0. The second-order valence-corrected chi connectivity index (χ2v) is 1.99. The molecule has 7 heteroatoms. The molecule has 0 aliphatic carbocycles. The van der Waals surface area contributed by atoms with Gasteiger partial charge in [-0.1, -0.05) is 0 Å². The van der Waals surface area contributed by atoms with Crippen LogP contribution in [0.3, 0.4) is 0 Å². The molecule has 9 heavy (non-hydrogen) atoms. The quantitative estimate of drug-likeness (QED) is 0.255. The number of aliphatic hydroxyl groups is 1. The van der Waals surface area contributed by atoms with Gasteiger partial charge in [0.25, 0.3) is 0 Å². The SMILES string of the molecule is O=S(=O)(O)OC[CH-]O.[Na+]. The Kier molecular flexibility index (Phi) is 7.78. The molecule has 0 rings (SSSR count). The minimum Gasteiger partial charge on any atom is -0.564 e. The molecule has 2 N–H and O–H groups in total. The second-order valence-electron chi connectivity index (χ2n) is 0.895. The summed E-state index contributed by atoms with van der Waals surface area (Å²) in [7, 11) is -4.38. The summed E-state index contributed by atoms with van der Waals surface area (Å²) in [5.74, 6) is 0. The molecule has 0 aromatic heterocycles. The Balaban J connectivity index is 0. The van der Waals surface area contributed by atoms with Gasteiger partial charge in [0, 0.05) is 0 Å². The van der Waals surface area contributed by atoms with Crippen LogP contribution in [0.2, 0.25) is 0 Å². The van der Waals surface area contributed by atoms with E-state index in [1.807, 2.05) is 0 Å². The van der Waals surface area contributed by atoms with Crippen molar-refractivity contribution in [2.75, 3.05) is 6.61 Å². The Morgan fingerprint density at radius 1 is 1.56 bits per heavy atom. The number of aliphatic hydroxyl groups excluding tert-OH is 1. The van der Waals surface area contributed by atoms with Crippen molar-refractivity contribution in [3.63, 3.8) is 0 Å². The van der Waals surface area contributed by atoms with Crippen LogP contribution in [0.1, 0.15) is 0 Å². The van der Waals surface area contributed by atoms with Gasteiger partial charge >= 0.3 is 40.0 Å². The van der Waals surface area contributed by atoms with E-state index in [1.54, 1.807) is 0 Å². The molecule has 0 radical (unpaired) electrons. The average Bonchev–Trinajstić information content (AvgIpc) is 1.59. The van der Waals surface area contributed by atoms with Gasteiger partial charge < -0.3 is 5.11 Å². The van der Waals surface area contributed by atoms with Gasteiger partial charge in [-0.3, -0.25) is 8.74 Å². The van der Waals surface area contributed by atoms with Gasteiger partial charge in [-0.2, -0.15) is 15.0 Å². The van der Waals surface area contributed by atoms with Crippen molar-refractivity contribution >= 4 is 10.4 Å². The maximum Gasteiger partial charge on any atom is 1.00 e. The van der Waals surface area contributed by atoms with Crippen LogP contribution in [0.4, 0.5) is 0 Å². The molecule has 0 aliphatic rings. The fourth-order valence-electron chi connectivity index (χ4n) is 0.116. The number of hydrogen-bond donors (Lipinski definition) is 2. The third-order valence-electron chi connectivity index (χ3n) is 0.292. The van der Waals surface area contributed by atoms with Crippen LogP contribution in [0, 0.1) is 6.61 Å². The van der Waals surface area contributed by atoms with E-state index in [2.05, 4.69) is 4.18 Å². The van der Waals surface area contributed by atoms with Crippen LogP contribution >= 0.6 is 0 Å². The smallest absolute Gasteiger partial charge is 0.564 e. The van der Waals surface area contributed by atoms with Gasteiger partial charge in [0.1, 0.15) is 0 Å². The summed E-state index contributed by atoms with van der Waals surface area (Å²) in [5.41, 5.74) is 0. The summed E-state index contributed by atoms with van der Waals surface area (Å²) in [6.07, 6.45) is 0. The van der Waals surface area contributed by atoms with E-state index in [0.717, 1.165) is 0 Å². The second kappa shape index (κ2) is 5.60. The fraction of sp³-hybridized carbons (Fsp3) is 0.500. The van der Waals surface area contributed by atoms with E-state index < -0.39 is 17.0 Å². The maximum absolute atomic E-state index is 9.59. The molecule has 0 amide bonds. The Morgan fingerprint density at radius 2 is 2.00 bits per heavy atom. The van der Waals surface area contributed by atoms with Crippen molar-refractivity contribution in [1.29, 1.82) is 0 Å². The molecule has 50 valence electrons. The molecule has 0 saturated heterocycles. The molecule has 0 saturated carbocycles. The first-order valence-corrected chi connectivity index (χ1v) is 3.00. The molecule has 5 nitrogen and oxygen atoms in total. The third kappa shape index (κ3) is 12.1. The first-order chi connectivity index (χ1) is 3.56. The number of rotatable bonds is 3. The summed E-state index contributed by atoms with van der Waals surface area (Å²) < 4.78 is 30.6. The molecule has 0 aliphatic heterocycles. The Bertz CT molecular complexity index is 139. The van der Waals surface area contributed by atoms with Gasteiger partial charge in [-0.25, -0.2) is 0 Å².